The molecule has 2 unspecified atom stereocenters. The molecule has 12 heteroatoms. The van der Waals surface area contributed by atoms with Crippen LogP contribution in [0, 0.1) is 0 Å². The molecule has 0 saturated heterocycles. The fourth-order valence-corrected chi connectivity index (χ4v) is 4.59. The molecular formula is C20H28N6O4S2. The molecule has 1 aromatic carbocycles. The molecule has 1 aliphatic heterocycles. The molecule has 0 fully saturated rings. The number of anilines is 2. The van der Waals surface area contributed by atoms with Gasteiger partial charge in [-0.15, -0.1) is 20.4 Å². The van der Waals surface area contributed by atoms with Gasteiger partial charge in [0, 0.05) is 18.3 Å². The summed E-state index contributed by atoms with van der Waals surface area (Å²) in [6, 6.07) is 4.16. The van der Waals surface area contributed by atoms with Crippen molar-refractivity contribution in [2.75, 3.05) is 22.8 Å². The number of esters is 1. The highest BCUT2D eigenvalue weighted by Gasteiger charge is 2.25. The SMILES string of the molecule is CCCCOC(=O)c1nnc(N=Nc2cc3c(cc2NS(=O)O)N(CC)C(CC)CC3)s1. The molecule has 0 spiro atoms. The number of hydrogen-bond acceptors (Lipinski definition) is 9. The average Bonchev–Trinajstić information content (AvgIpc) is 3.25. The van der Waals surface area contributed by atoms with Gasteiger partial charge < -0.3 is 9.64 Å². The zero-order valence-corrected chi connectivity index (χ0v) is 20.0. The number of nitrogens with one attached hydrogen (secondary N) is 1. The van der Waals surface area contributed by atoms with E-state index in [4.69, 9.17) is 4.74 Å². The summed E-state index contributed by atoms with van der Waals surface area (Å²) in [6.07, 6.45) is 4.66. The number of rotatable bonds is 10. The van der Waals surface area contributed by atoms with Crippen LogP contribution in [0.3, 0.4) is 0 Å². The van der Waals surface area contributed by atoms with Crippen molar-refractivity contribution >= 4 is 50.8 Å². The van der Waals surface area contributed by atoms with Crippen molar-refractivity contribution in [2.24, 2.45) is 10.2 Å². The van der Waals surface area contributed by atoms with Crippen molar-refractivity contribution in [1.82, 2.24) is 10.2 Å². The quantitative estimate of drug-likeness (QED) is 0.212. The van der Waals surface area contributed by atoms with Crippen molar-refractivity contribution in [3.8, 4) is 0 Å². The van der Waals surface area contributed by atoms with E-state index in [1.54, 1.807) is 0 Å². The van der Waals surface area contributed by atoms with E-state index >= 15 is 0 Å². The second-order valence-electron chi connectivity index (χ2n) is 7.32. The van der Waals surface area contributed by atoms with E-state index in [2.05, 4.69) is 43.9 Å². The minimum Gasteiger partial charge on any atom is -0.460 e. The molecule has 2 atom stereocenters. The second-order valence-corrected chi connectivity index (χ2v) is 8.97. The Labute approximate surface area is 193 Å². The number of benzene rings is 1. The molecule has 174 valence electrons. The van der Waals surface area contributed by atoms with Gasteiger partial charge in [0.25, 0.3) is 16.4 Å². The minimum atomic E-state index is -2.26. The average molecular weight is 481 g/mol. The zero-order chi connectivity index (χ0) is 23.1. The van der Waals surface area contributed by atoms with Crippen LogP contribution in [-0.4, -0.2) is 44.1 Å². The van der Waals surface area contributed by atoms with E-state index in [1.165, 1.54) is 0 Å². The number of unbranched alkanes of at least 4 members (excludes halogenated alkanes) is 1. The predicted octanol–water partition coefficient (Wildman–Crippen LogP) is 5.01. The van der Waals surface area contributed by atoms with Gasteiger partial charge in [0.2, 0.25) is 5.01 Å². The van der Waals surface area contributed by atoms with Crippen molar-refractivity contribution in [3.63, 3.8) is 0 Å². The number of carbonyl (C=O) groups excluding carboxylic acids is 1. The van der Waals surface area contributed by atoms with Crippen LogP contribution in [-0.2, 0) is 22.4 Å². The molecule has 0 bridgehead atoms. The summed E-state index contributed by atoms with van der Waals surface area (Å²) in [6.45, 7) is 7.45. The van der Waals surface area contributed by atoms with E-state index < -0.39 is 17.2 Å². The summed E-state index contributed by atoms with van der Waals surface area (Å²) < 4.78 is 28.5. The topological polar surface area (TPSA) is 129 Å². The van der Waals surface area contributed by atoms with Gasteiger partial charge in [-0.2, -0.15) is 0 Å². The molecule has 1 aliphatic rings. The smallest absolute Gasteiger partial charge is 0.369 e. The molecule has 0 radical (unpaired) electrons. The Kier molecular flexibility index (Phi) is 8.65. The summed E-state index contributed by atoms with van der Waals surface area (Å²) in [5.41, 5.74) is 2.95. The number of azo groups is 1. The first-order valence-corrected chi connectivity index (χ1v) is 12.6. The van der Waals surface area contributed by atoms with Crippen molar-refractivity contribution in [1.29, 1.82) is 0 Å². The number of hydrogen-bond donors (Lipinski definition) is 2. The summed E-state index contributed by atoms with van der Waals surface area (Å²) in [5, 5.41) is 16.3. The Morgan fingerprint density at radius 1 is 1.34 bits per heavy atom. The number of nitrogens with zero attached hydrogens (tertiary/aromatic N) is 5. The van der Waals surface area contributed by atoms with E-state index in [0.29, 0.717) is 24.0 Å². The number of fused-ring (bicyclic) bond motifs is 1. The van der Waals surface area contributed by atoms with Crippen molar-refractivity contribution < 1.29 is 18.3 Å². The molecular weight excluding hydrogens is 452 g/mol. The lowest BCUT2D eigenvalue weighted by Gasteiger charge is -2.38. The van der Waals surface area contributed by atoms with Gasteiger partial charge in [-0.05, 0) is 50.3 Å². The first-order chi connectivity index (χ1) is 15.5. The van der Waals surface area contributed by atoms with Gasteiger partial charge in [0.05, 0.1) is 12.3 Å². The van der Waals surface area contributed by atoms with Crippen molar-refractivity contribution in [3.05, 3.63) is 22.7 Å². The van der Waals surface area contributed by atoms with Gasteiger partial charge >= 0.3 is 5.97 Å². The number of ether oxygens (including phenoxy) is 1. The Morgan fingerprint density at radius 2 is 2.16 bits per heavy atom. The molecule has 3 rings (SSSR count). The summed E-state index contributed by atoms with van der Waals surface area (Å²) in [5.74, 6) is -0.533. The van der Waals surface area contributed by atoms with E-state index in [9.17, 15) is 13.6 Å². The lowest BCUT2D eigenvalue weighted by atomic mass is 9.93. The fraction of sp³-hybridized carbons (Fsp3) is 0.550. The summed E-state index contributed by atoms with van der Waals surface area (Å²) in [4.78, 5) is 14.3. The third kappa shape index (κ3) is 5.87. The van der Waals surface area contributed by atoms with Gasteiger partial charge in [0.1, 0.15) is 5.69 Å². The molecule has 10 nitrogen and oxygen atoms in total. The molecule has 2 heterocycles. The van der Waals surface area contributed by atoms with Crippen LogP contribution in [0.2, 0.25) is 0 Å². The number of aromatic nitrogens is 2. The zero-order valence-electron chi connectivity index (χ0n) is 18.4. The highest BCUT2D eigenvalue weighted by molar-refractivity contribution is 7.80. The summed E-state index contributed by atoms with van der Waals surface area (Å²) >= 11 is -1.28. The molecule has 1 aromatic heterocycles. The Bertz CT molecular complexity index is 996. The molecule has 32 heavy (non-hydrogen) atoms. The van der Waals surface area contributed by atoms with Crippen LogP contribution in [0.25, 0.3) is 0 Å². The summed E-state index contributed by atoms with van der Waals surface area (Å²) in [7, 11) is 0. The maximum absolute atomic E-state index is 12.0. The molecule has 0 amide bonds. The third-order valence-corrected chi connectivity index (χ3v) is 6.45. The predicted molar refractivity (Wildman–Crippen MR) is 126 cm³/mol. The highest BCUT2D eigenvalue weighted by atomic mass is 32.2. The molecule has 2 aromatic rings. The first kappa shape index (κ1) is 24.2. The Morgan fingerprint density at radius 3 is 2.84 bits per heavy atom. The maximum atomic E-state index is 12.0. The van der Waals surface area contributed by atoms with E-state index in [-0.39, 0.29) is 10.1 Å². The lowest BCUT2D eigenvalue weighted by Crippen LogP contribution is -2.38. The van der Waals surface area contributed by atoms with E-state index in [1.807, 2.05) is 19.1 Å². The number of aryl methyl sites for hydroxylation is 1. The van der Waals surface area contributed by atoms with Gasteiger partial charge in [-0.25, -0.2) is 9.00 Å². The monoisotopic (exact) mass is 480 g/mol. The van der Waals surface area contributed by atoms with Crippen LogP contribution in [0.4, 0.5) is 22.2 Å². The minimum absolute atomic E-state index is 0.111. The van der Waals surface area contributed by atoms with Crippen LogP contribution in [0.15, 0.2) is 22.4 Å². The van der Waals surface area contributed by atoms with Gasteiger partial charge in [0.15, 0.2) is 0 Å². The van der Waals surface area contributed by atoms with Gasteiger partial charge in [-0.1, -0.05) is 31.6 Å². The van der Waals surface area contributed by atoms with Crippen molar-refractivity contribution in [2.45, 2.75) is 58.9 Å². The Hall–Kier alpha value is -2.44. The van der Waals surface area contributed by atoms with E-state index in [0.717, 1.165) is 61.2 Å². The fourth-order valence-electron chi connectivity index (χ4n) is 3.68. The van der Waals surface area contributed by atoms with Crippen LogP contribution < -0.4 is 9.62 Å². The molecule has 0 aliphatic carbocycles. The third-order valence-electron chi connectivity index (χ3n) is 5.27. The van der Waals surface area contributed by atoms with Gasteiger partial charge in [-0.3, -0.25) is 9.27 Å². The normalized spacial score (nSPS) is 16.8. The lowest BCUT2D eigenvalue weighted by molar-refractivity contribution is 0.0498. The van der Waals surface area contributed by atoms with Crippen LogP contribution >= 0.6 is 11.3 Å². The van der Waals surface area contributed by atoms with Crippen LogP contribution in [0.5, 0.6) is 0 Å². The molecule has 0 saturated carbocycles. The maximum Gasteiger partial charge on any atom is 0.369 e. The second kappa shape index (κ2) is 11.4. The van der Waals surface area contributed by atoms with Crippen LogP contribution in [0.1, 0.15) is 61.8 Å². The first-order valence-electron chi connectivity index (χ1n) is 10.7. The highest BCUT2D eigenvalue weighted by Crippen LogP contribution is 2.40. The molecule has 2 N–H and O–H groups in total. The Balaban J connectivity index is 1.85. The standard InChI is InChI=1S/C20H28N6O4S2/c1-4-7-10-30-19(27)18-22-24-20(31-18)23-21-15-11-13-8-9-14(5-2)26(6-3)17(13)12-16(15)25-32(28)29/h11-12,14,25H,4-10H2,1-3H3,(H,28,29). The largest absolute Gasteiger partial charge is 0.460 e. The number of carbonyl (C=O) groups is 1.